The maximum absolute atomic E-state index is 4.65. The van der Waals surface area contributed by atoms with Gasteiger partial charge in [0, 0.05) is 142 Å². The summed E-state index contributed by atoms with van der Waals surface area (Å²) in [4.78, 5) is 18.4. The Labute approximate surface area is 706 Å². The Hall–Kier alpha value is -7.63. The second-order valence-electron chi connectivity index (χ2n) is 29.0. The van der Waals surface area contributed by atoms with E-state index in [1.54, 1.807) is 21.2 Å². The van der Waals surface area contributed by atoms with Gasteiger partial charge in [-0.3, -0.25) is 0 Å². The first-order chi connectivity index (χ1) is 51.5. The number of para-hydroxylation sites is 8. The molecule has 0 N–H and O–H groups in total. The Morgan fingerprint density at radius 2 is 0.536 bits per heavy atom. The molecule has 2 radical (unpaired) electrons. The van der Waals surface area contributed by atoms with Crippen LogP contribution in [0.2, 0.25) is 0 Å². The molecule has 8 aromatic heterocycles. The fourth-order valence-corrected chi connectivity index (χ4v) is 22.8. The van der Waals surface area contributed by atoms with Crippen molar-refractivity contribution < 1.29 is 81.7 Å². The summed E-state index contributed by atoms with van der Waals surface area (Å²) in [5.74, 6) is 0. The molecule has 10 heterocycles. The van der Waals surface area contributed by atoms with Gasteiger partial charge in [0.05, 0.1) is 75.4 Å². The number of benzene rings is 10. The molecule has 0 amide bonds. The summed E-state index contributed by atoms with van der Waals surface area (Å²) < 4.78 is 8.87. The van der Waals surface area contributed by atoms with Gasteiger partial charge >= 0.3 is 39.6 Å². The molecule has 2 aliphatic heterocycles. The van der Waals surface area contributed by atoms with Crippen molar-refractivity contribution in [3.8, 4) is 22.7 Å². The molecular formula is C94H88N8Os2P4Pt2+2. The van der Waals surface area contributed by atoms with Crippen LogP contribution in [0, 0.1) is 24.3 Å². The quantitative estimate of drug-likeness (QED) is 0.123. The summed E-state index contributed by atoms with van der Waals surface area (Å²) in [6.45, 7) is 28.1. The fourth-order valence-electron chi connectivity index (χ4n) is 15.6. The van der Waals surface area contributed by atoms with Crippen molar-refractivity contribution in [2.45, 2.75) is 38.5 Å². The van der Waals surface area contributed by atoms with Crippen molar-refractivity contribution in [2.24, 2.45) is 0 Å². The van der Waals surface area contributed by atoms with Crippen molar-refractivity contribution in [1.82, 2.24) is 38.2 Å². The van der Waals surface area contributed by atoms with Crippen LogP contribution < -0.4 is 21.2 Å². The van der Waals surface area contributed by atoms with Crippen LogP contribution in [-0.2, 0) is 92.5 Å². The third-order valence-corrected chi connectivity index (χ3v) is 27.2. The third-order valence-electron chi connectivity index (χ3n) is 20.6. The summed E-state index contributed by atoms with van der Waals surface area (Å²) >= 11 is 0. The van der Waals surface area contributed by atoms with Crippen molar-refractivity contribution in [2.75, 3.05) is 53.3 Å². The molecule has 0 spiro atoms. The molecule has 10 aromatic carbocycles. The van der Waals surface area contributed by atoms with E-state index in [-0.39, 0.29) is 124 Å². The Bertz CT molecular complexity index is 5690. The first-order valence-corrected chi connectivity index (χ1v) is 46.4. The van der Waals surface area contributed by atoms with E-state index in [1.165, 1.54) is 87.4 Å². The van der Waals surface area contributed by atoms with Gasteiger partial charge in [-0.05, 0) is 107 Å². The monoisotopic (exact) mass is 2230 g/mol. The van der Waals surface area contributed by atoms with Crippen molar-refractivity contribution in [3.63, 3.8) is 0 Å². The first kappa shape index (κ1) is 83.3. The third kappa shape index (κ3) is 15.8. The van der Waals surface area contributed by atoms with Gasteiger partial charge in [0.25, 0.3) is 0 Å². The standard InChI is InChI=1S/2C20H15N2.2C17H11N2.2C10H16P2.2Os.2Pt/c2*1-20(2)15-9-3-4-11-17(15)22-18-13(7-5-10-16(18)20)14-8-6-12-21-19(14)22;2*1-2-7-13(8-3-1)19-16-11-5-4-9-14(16)15-10-6-12-18-17(15)19;2*1-11(2)9-7-5-6-8-10(9)12(3)4;;;;/h2*3-10,12H,1-2H3;2*1-7,9-12H;2*5-8H,1-4H3;;;;/q4*-1;;;2*+1;;/p+4. The Kier molecular flexibility index (Phi) is 27.3. The predicted molar refractivity (Wildman–Crippen MR) is 466 cm³/mol. The number of fused-ring (bicyclic) bond motifs is 16. The summed E-state index contributed by atoms with van der Waals surface area (Å²) in [6, 6.07) is 106. The van der Waals surface area contributed by atoms with Crippen molar-refractivity contribution >= 4 is 141 Å². The van der Waals surface area contributed by atoms with Gasteiger partial charge < -0.3 is 18.3 Å². The van der Waals surface area contributed by atoms with Gasteiger partial charge in [-0.1, -0.05) is 148 Å². The van der Waals surface area contributed by atoms with Gasteiger partial charge in [-0.15, -0.1) is 23.3 Å². The topological polar surface area (TPSA) is 71.3 Å². The second-order valence-corrected chi connectivity index (χ2v) is 39.1. The zero-order chi connectivity index (χ0) is 73.4. The molecule has 0 saturated heterocycles. The maximum Gasteiger partial charge on any atom is 1.00 e. The van der Waals surface area contributed by atoms with E-state index in [0.717, 1.165) is 45.3 Å². The van der Waals surface area contributed by atoms with Gasteiger partial charge in [0.1, 0.15) is 43.8 Å². The zero-order valence-corrected chi connectivity index (χ0v) is 77.3. The number of aromatic nitrogens is 8. The van der Waals surface area contributed by atoms with Gasteiger partial charge in [-0.25, -0.2) is 19.9 Å². The fraction of sp³-hybridized carbons (Fsp3) is 0.149. The average molecular weight is 2220 g/mol. The molecule has 0 unspecified atom stereocenters. The van der Waals surface area contributed by atoms with Crippen LogP contribution in [0.5, 0.6) is 0 Å². The number of pyridine rings is 4. The molecule has 0 fully saturated rings. The van der Waals surface area contributed by atoms with Crippen LogP contribution in [0.4, 0.5) is 0 Å². The van der Waals surface area contributed by atoms with Crippen molar-refractivity contribution in [3.05, 3.63) is 338 Å². The molecule has 0 bridgehead atoms. The van der Waals surface area contributed by atoms with Crippen LogP contribution in [0.15, 0.2) is 292 Å². The van der Waals surface area contributed by atoms with Crippen molar-refractivity contribution in [1.29, 1.82) is 0 Å². The molecule has 0 atom stereocenters. The molecule has 20 rings (SSSR count). The van der Waals surface area contributed by atoms with E-state index in [9.17, 15) is 0 Å². The Morgan fingerprint density at radius 3 is 0.864 bits per heavy atom. The van der Waals surface area contributed by atoms with E-state index in [1.807, 2.05) is 97.6 Å². The number of hydrogen-bond acceptors (Lipinski definition) is 4. The summed E-state index contributed by atoms with van der Waals surface area (Å²) in [5, 5.41) is 16.3. The minimum absolute atomic E-state index is 0. The largest absolute Gasteiger partial charge is 1.00 e. The zero-order valence-electron chi connectivity index (χ0n) is 63.6. The number of nitrogens with zero attached hydrogens (tertiary/aromatic N) is 8. The Balaban J connectivity index is 0.000000132. The normalized spacial score (nSPS) is 12.4. The van der Waals surface area contributed by atoms with Gasteiger partial charge in [0.15, 0.2) is 0 Å². The van der Waals surface area contributed by atoms with Crippen LogP contribution >= 0.6 is 31.7 Å². The van der Waals surface area contributed by atoms with Crippen LogP contribution in [0.25, 0.3) is 110 Å². The maximum atomic E-state index is 4.65. The molecule has 558 valence electrons. The molecule has 110 heavy (non-hydrogen) atoms. The van der Waals surface area contributed by atoms with E-state index in [2.05, 4.69) is 338 Å². The van der Waals surface area contributed by atoms with E-state index in [4.69, 9.17) is 0 Å². The molecule has 0 aliphatic carbocycles. The SMILES string of the molecule is CC1(C)c2ccc[c-]c2-n2c3ncccc3c3cccc1c32.CC1(C)c2ccc[c-]c2-n2c3ncccc3c3cccc1c32.C[PH+](C)c1ccccc1[PH+](C)C.C[PH+](C)c1ccccc1[PH+](C)C.[Os+].[Os+].[Pt].[Pt].[c-]1ccccc1-n1c2ccccc2c2cccnc21.[c-]1ccccc1-n1c2ccccc2c2cccnc21. The summed E-state index contributed by atoms with van der Waals surface area (Å²) in [6.07, 6.45) is 7.40. The van der Waals surface area contributed by atoms with Crippen LogP contribution in [-0.4, -0.2) is 91.5 Å². The molecule has 2 aliphatic rings. The Morgan fingerprint density at radius 1 is 0.264 bits per heavy atom. The van der Waals surface area contributed by atoms with E-state index in [0.29, 0.717) is 0 Å². The minimum Gasteiger partial charge on any atom is -0.318 e. The van der Waals surface area contributed by atoms with E-state index >= 15 is 0 Å². The average Bonchev–Trinajstić information content (AvgIpc) is 1.48. The molecule has 16 heteroatoms. The first-order valence-electron chi connectivity index (χ1n) is 36.4. The second kappa shape index (κ2) is 36.0. The molecule has 8 nitrogen and oxygen atoms in total. The molecular weight excluding hydrogens is 2140 g/mol. The van der Waals surface area contributed by atoms with E-state index < -0.39 is 0 Å². The minimum atomic E-state index is -0.261. The van der Waals surface area contributed by atoms with Crippen LogP contribution in [0.3, 0.4) is 0 Å². The number of hydrogen-bond donors (Lipinski definition) is 0. The van der Waals surface area contributed by atoms with Gasteiger partial charge in [0.2, 0.25) is 0 Å². The molecule has 0 saturated carbocycles. The summed E-state index contributed by atoms with van der Waals surface area (Å²) in [7, 11) is -1.04. The molecule has 18 aromatic rings. The smallest absolute Gasteiger partial charge is 0.318 e. The van der Waals surface area contributed by atoms with Crippen LogP contribution in [0.1, 0.15) is 49.9 Å². The van der Waals surface area contributed by atoms with Gasteiger partial charge in [-0.2, -0.15) is 97.1 Å². The summed E-state index contributed by atoms with van der Waals surface area (Å²) in [5.41, 5.74) is 18.4. The predicted octanol–water partition coefficient (Wildman–Crippen LogP) is 21.0. The number of rotatable bonds is 6.